The lowest BCUT2D eigenvalue weighted by atomic mass is 9.94. The molecule has 0 amide bonds. The van der Waals surface area contributed by atoms with Gasteiger partial charge in [0.05, 0.1) is 11.5 Å². The first-order valence-corrected chi connectivity index (χ1v) is 14.4. The van der Waals surface area contributed by atoms with Crippen LogP contribution in [0.1, 0.15) is 34.0 Å². The molecule has 7 heteroatoms. The molecule has 0 radical (unpaired) electrons. The van der Waals surface area contributed by atoms with Crippen molar-refractivity contribution in [2.24, 2.45) is 0 Å². The minimum absolute atomic E-state index is 0.0255. The number of fused-ring (bicyclic) bond motifs is 1. The molecule has 0 fully saturated rings. The second-order valence-electron chi connectivity index (χ2n) is 7.82. The lowest BCUT2D eigenvalue weighted by molar-refractivity contribution is 0.0531. The standard InChI is InChI=1S/C19H28O5SSi/c1-7-9-14-13(8-2)18(25(3,21)22)15-12-24-19(20)16(15)17(14)23-10-11-26(4,5)6/h7H,1,8-12H2,2-6H3. The van der Waals surface area contributed by atoms with E-state index in [1.54, 1.807) is 6.08 Å². The van der Waals surface area contributed by atoms with Crippen LogP contribution >= 0.6 is 0 Å². The van der Waals surface area contributed by atoms with Gasteiger partial charge in [-0.25, -0.2) is 13.2 Å². The zero-order valence-corrected chi connectivity index (χ0v) is 18.1. The van der Waals surface area contributed by atoms with Crippen LogP contribution in [-0.2, 0) is 34.0 Å². The molecule has 5 nitrogen and oxygen atoms in total. The van der Waals surface area contributed by atoms with E-state index in [2.05, 4.69) is 26.2 Å². The maximum atomic E-state index is 12.5. The van der Waals surface area contributed by atoms with E-state index in [-0.39, 0.29) is 17.1 Å². The van der Waals surface area contributed by atoms with Crippen LogP contribution in [0.5, 0.6) is 5.75 Å². The highest BCUT2D eigenvalue weighted by Gasteiger charge is 2.36. The van der Waals surface area contributed by atoms with Gasteiger partial charge in [0, 0.05) is 25.5 Å². The summed E-state index contributed by atoms with van der Waals surface area (Å²) in [5, 5.41) is 0. The molecule has 1 aromatic carbocycles. The van der Waals surface area contributed by atoms with Crippen molar-refractivity contribution >= 4 is 23.9 Å². The summed E-state index contributed by atoms with van der Waals surface area (Å²) >= 11 is 0. The van der Waals surface area contributed by atoms with Gasteiger partial charge in [0.25, 0.3) is 0 Å². The van der Waals surface area contributed by atoms with E-state index in [1.165, 1.54) is 6.26 Å². The number of ether oxygens (including phenoxy) is 2. The SMILES string of the molecule is C=CCc1c(CC)c(S(C)(=O)=O)c2c(c1OCC[Si](C)(C)C)C(=O)OC2. The third-order valence-corrected chi connectivity index (χ3v) is 7.38. The molecule has 1 heterocycles. The Hall–Kier alpha value is -1.60. The minimum atomic E-state index is -3.51. The molecular weight excluding hydrogens is 368 g/mol. The molecule has 0 bridgehead atoms. The molecule has 0 N–H and O–H groups in total. The van der Waals surface area contributed by atoms with Crippen molar-refractivity contribution in [1.82, 2.24) is 0 Å². The van der Waals surface area contributed by atoms with Crippen molar-refractivity contribution < 1.29 is 22.7 Å². The first-order chi connectivity index (χ1) is 12.0. The highest BCUT2D eigenvalue weighted by Crippen LogP contribution is 2.41. The molecule has 0 aliphatic carbocycles. The van der Waals surface area contributed by atoms with Crippen LogP contribution in [0.3, 0.4) is 0 Å². The van der Waals surface area contributed by atoms with Crippen molar-refractivity contribution in [3.8, 4) is 5.75 Å². The topological polar surface area (TPSA) is 69.7 Å². The number of carbonyl (C=O) groups excluding carboxylic acids is 1. The van der Waals surface area contributed by atoms with Crippen molar-refractivity contribution in [2.75, 3.05) is 12.9 Å². The second kappa shape index (κ2) is 7.56. The van der Waals surface area contributed by atoms with Gasteiger partial charge in [0.2, 0.25) is 0 Å². The number of rotatable bonds is 8. The van der Waals surface area contributed by atoms with Gasteiger partial charge >= 0.3 is 5.97 Å². The monoisotopic (exact) mass is 396 g/mol. The third kappa shape index (κ3) is 4.20. The fourth-order valence-electron chi connectivity index (χ4n) is 3.22. The third-order valence-electron chi connectivity index (χ3n) is 4.44. The average Bonchev–Trinajstić information content (AvgIpc) is 2.87. The Balaban J connectivity index is 2.72. The fraction of sp³-hybridized carbons (Fsp3) is 0.526. The van der Waals surface area contributed by atoms with Crippen molar-refractivity contribution in [3.63, 3.8) is 0 Å². The lowest BCUT2D eigenvalue weighted by Gasteiger charge is -2.22. The normalized spacial score (nSPS) is 14.1. The van der Waals surface area contributed by atoms with E-state index in [0.29, 0.717) is 36.3 Å². The molecule has 0 spiro atoms. The number of benzene rings is 1. The highest BCUT2D eigenvalue weighted by atomic mass is 32.2. The van der Waals surface area contributed by atoms with Gasteiger partial charge in [0.15, 0.2) is 9.84 Å². The zero-order valence-electron chi connectivity index (χ0n) is 16.3. The van der Waals surface area contributed by atoms with Crippen LogP contribution < -0.4 is 4.74 Å². The van der Waals surface area contributed by atoms with E-state index in [1.807, 2.05) is 6.92 Å². The summed E-state index contributed by atoms with van der Waals surface area (Å²) in [6, 6.07) is 0.944. The van der Waals surface area contributed by atoms with E-state index in [9.17, 15) is 13.2 Å². The maximum absolute atomic E-state index is 12.5. The number of carbonyl (C=O) groups is 1. The number of sulfone groups is 1. The number of cyclic esters (lactones) is 1. The van der Waals surface area contributed by atoms with Crippen molar-refractivity contribution in [3.05, 3.63) is 34.9 Å². The number of hydrogen-bond donors (Lipinski definition) is 0. The predicted octanol–water partition coefficient (Wildman–Crippen LogP) is 3.77. The molecule has 0 atom stereocenters. The molecule has 0 saturated carbocycles. The number of esters is 1. The molecule has 144 valence electrons. The van der Waals surface area contributed by atoms with Gasteiger partial charge < -0.3 is 9.47 Å². The molecule has 1 aromatic rings. The summed E-state index contributed by atoms with van der Waals surface area (Å²) in [4.78, 5) is 12.6. The van der Waals surface area contributed by atoms with Crippen LogP contribution in [0.2, 0.25) is 25.7 Å². The Morgan fingerprint density at radius 2 is 1.92 bits per heavy atom. The van der Waals surface area contributed by atoms with Gasteiger partial charge in [-0.15, -0.1) is 6.58 Å². The van der Waals surface area contributed by atoms with E-state index in [4.69, 9.17) is 9.47 Å². The average molecular weight is 397 g/mol. The van der Waals surface area contributed by atoms with Gasteiger partial charge in [0.1, 0.15) is 17.9 Å². The molecule has 26 heavy (non-hydrogen) atoms. The minimum Gasteiger partial charge on any atom is -0.493 e. The molecule has 1 aliphatic rings. The molecular formula is C19H28O5SSi. The molecule has 1 aliphatic heterocycles. The quantitative estimate of drug-likeness (QED) is 0.380. The number of hydrogen-bond acceptors (Lipinski definition) is 5. The van der Waals surface area contributed by atoms with Crippen LogP contribution in [-0.4, -0.2) is 35.3 Å². The Bertz CT molecular complexity index is 835. The Kier molecular flexibility index (Phi) is 6.02. The van der Waals surface area contributed by atoms with E-state index >= 15 is 0 Å². The van der Waals surface area contributed by atoms with Crippen LogP contribution in [0, 0.1) is 0 Å². The summed E-state index contributed by atoms with van der Waals surface area (Å²) in [5.41, 5.74) is 2.14. The Labute approximate surface area is 157 Å². The van der Waals surface area contributed by atoms with Gasteiger partial charge in [-0.05, 0) is 24.4 Å². The van der Waals surface area contributed by atoms with Crippen LogP contribution in [0.25, 0.3) is 0 Å². The summed E-state index contributed by atoms with van der Waals surface area (Å²) in [7, 11) is -4.82. The lowest BCUT2D eigenvalue weighted by Crippen LogP contribution is -2.23. The Morgan fingerprint density at radius 3 is 2.42 bits per heavy atom. The van der Waals surface area contributed by atoms with E-state index < -0.39 is 23.9 Å². The molecule has 0 saturated heterocycles. The molecule has 0 unspecified atom stereocenters. The van der Waals surface area contributed by atoms with Gasteiger partial charge in [-0.2, -0.15) is 0 Å². The van der Waals surface area contributed by atoms with E-state index in [0.717, 1.165) is 11.6 Å². The first-order valence-electron chi connectivity index (χ1n) is 8.82. The summed E-state index contributed by atoms with van der Waals surface area (Å²) < 4.78 is 36.2. The Morgan fingerprint density at radius 1 is 1.27 bits per heavy atom. The van der Waals surface area contributed by atoms with Crippen LogP contribution in [0.4, 0.5) is 0 Å². The zero-order chi connectivity index (χ0) is 19.7. The summed E-state index contributed by atoms with van der Waals surface area (Å²) in [6.45, 7) is 12.9. The highest BCUT2D eigenvalue weighted by molar-refractivity contribution is 7.90. The number of allylic oxidation sites excluding steroid dienone is 1. The van der Waals surface area contributed by atoms with Crippen LogP contribution in [0.15, 0.2) is 17.6 Å². The first kappa shape index (κ1) is 20.7. The maximum Gasteiger partial charge on any atom is 0.342 e. The molecule has 2 rings (SSSR count). The van der Waals surface area contributed by atoms with Gasteiger partial charge in [-0.1, -0.05) is 32.6 Å². The van der Waals surface area contributed by atoms with Crippen molar-refractivity contribution in [1.29, 1.82) is 0 Å². The van der Waals surface area contributed by atoms with Gasteiger partial charge in [-0.3, -0.25) is 0 Å². The smallest absolute Gasteiger partial charge is 0.342 e. The fourth-order valence-corrected chi connectivity index (χ4v) is 5.26. The van der Waals surface area contributed by atoms with Crippen molar-refractivity contribution in [2.45, 2.75) is 57.0 Å². The molecule has 0 aromatic heterocycles. The predicted molar refractivity (Wildman–Crippen MR) is 106 cm³/mol. The summed E-state index contributed by atoms with van der Waals surface area (Å²) in [5.74, 6) is -0.0363. The summed E-state index contributed by atoms with van der Waals surface area (Å²) in [6.07, 6.45) is 3.85. The second-order valence-corrected chi connectivity index (χ2v) is 15.4. The largest absolute Gasteiger partial charge is 0.493 e.